The van der Waals surface area contributed by atoms with Crippen molar-refractivity contribution < 1.29 is 14.7 Å². The number of carbonyl (C=O) groups excluding carboxylic acids is 1. The number of urea groups is 1. The molecule has 2 N–H and O–H groups in total. The molecule has 1 aliphatic carbocycles. The van der Waals surface area contributed by atoms with Gasteiger partial charge in [0.15, 0.2) is 5.13 Å². The second-order valence-corrected chi connectivity index (χ2v) is 11.5. The number of carboxylic acid groups (broad SMARTS) is 1. The number of carbonyl (C=O) groups is 2. The van der Waals surface area contributed by atoms with Gasteiger partial charge in [-0.3, -0.25) is 10.1 Å². The Bertz CT molecular complexity index is 682. The van der Waals surface area contributed by atoms with Crippen molar-refractivity contribution in [2.45, 2.75) is 77.0 Å². The van der Waals surface area contributed by atoms with Gasteiger partial charge < -0.3 is 10.0 Å². The van der Waals surface area contributed by atoms with Crippen molar-refractivity contribution in [1.29, 1.82) is 0 Å². The first-order chi connectivity index (χ1) is 13.6. The third-order valence-electron chi connectivity index (χ3n) is 5.49. The van der Waals surface area contributed by atoms with E-state index in [9.17, 15) is 14.7 Å². The van der Waals surface area contributed by atoms with Crippen molar-refractivity contribution in [3.05, 3.63) is 6.20 Å². The van der Waals surface area contributed by atoms with Crippen molar-refractivity contribution in [3.63, 3.8) is 0 Å². The molecule has 2 amide bonds. The van der Waals surface area contributed by atoms with Gasteiger partial charge in [-0.2, -0.15) is 0 Å². The maximum atomic E-state index is 13.0. The number of hydrogen-bond donors (Lipinski definition) is 2. The Morgan fingerprint density at radius 3 is 2.59 bits per heavy atom. The summed E-state index contributed by atoms with van der Waals surface area (Å²) in [6.45, 7) is 10.8. The predicted octanol–water partition coefficient (Wildman–Crippen LogP) is 5.80. The van der Waals surface area contributed by atoms with Gasteiger partial charge in [-0.1, -0.05) is 32.1 Å². The summed E-state index contributed by atoms with van der Waals surface area (Å²) >= 11 is 2.87. The van der Waals surface area contributed by atoms with Crippen LogP contribution in [0.1, 0.15) is 66.7 Å². The van der Waals surface area contributed by atoms with E-state index >= 15 is 0 Å². The summed E-state index contributed by atoms with van der Waals surface area (Å²) in [5.74, 6) is 0.937. The van der Waals surface area contributed by atoms with Crippen LogP contribution in [-0.2, 0) is 4.79 Å². The van der Waals surface area contributed by atoms with E-state index < -0.39 is 11.4 Å². The predicted molar refractivity (Wildman–Crippen MR) is 121 cm³/mol. The topological polar surface area (TPSA) is 82.5 Å². The molecule has 8 heteroatoms. The summed E-state index contributed by atoms with van der Waals surface area (Å²) < 4.78 is 0.912. The van der Waals surface area contributed by atoms with Gasteiger partial charge >= 0.3 is 12.0 Å². The van der Waals surface area contributed by atoms with Crippen LogP contribution < -0.4 is 5.32 Å². The van der Waals surface area contributed by atoms with Crippen LogP contribution in [0.25, 0.3) is 0 Å². The van der Waals surface area contributed by atoms with Gasteiger partial charge in [0.1, 0.15) is 0 Å². The van der Waals surface area contributed by atoms with Gasteiger partial charge in [0, 0.05) is 18.3 Å². The molecule has 1 fully saturated rings. The van der Waals surface area contributed by atoms with Gasteiger partial charge in [0.2, 0.25) is 0 Å². The molecule has 0 atom stereocenters. The highest BCUT2D eigenvalue weighted by atomic mass is 32.2. The molecule has 6 nitrogen and oxygen atoms in total. The molecule has 0 spiro atoms. The Hall–Kier alpha value is -1.28. The maximum Gasteiger partial charge on any atom is 0.323 e. The van der Waals surface area contributed by atoms with Crippen LogP contribution in [-0.4, -0.2) is 45.3 Å². The molecule has 0 aliphatic heterocycles. The molecule has 1 aliphatic rings. The fraction of sp³-hybridized carbons (Fsp3) is 0.762. The molecular weight excluding hydrogens is 406 g/mol. The standard InChI is InChI=1S/C21H35N3O3S2/c1-14(2)10-11-24(16-8-6-15(3)7-9-16)20(27)23-19-22-12-17(29-19)28-13-21(4,5)18(25)26/h12,14-16H,6-11,13H2,1-5H3,(H,25,26)(H,22,23,27)/t15-,16-. The molecule has 0 saturated heterocycles. The maximum absolute atomic E-state index is 13.0. The first-order valence-corrected chi connectivity index (χ1v) is 12.3. The number of nitrogens with zero attached hydrogens (tertiary/aromatic N) is 2. The molecule has 1 heterocycles. The van der Waals surface area contributed by atoms with Gasteiger partial charge in [0.05, 0.1) is 15.8 Å². The summed E-state index contributed by atoms with van der Waals surface area (Å²) in [7, 11) is 0. The van der Waals surface area contributed by atoms with Crippen molar-refractivity contribution in [2.24, 2.45) is 17.3 Å². The Labute approximate surface area is 182 Å². The zero-order valence-electron chi connectivity index (χ0n) is 18.2. The zero-order chi connectivity index (χ0) is 21.6. The largest absolute Gasteiger partial charge is 0.481 e. The summed E-state index contributed by atoms with van der Waals surface area (Å²) in [5.41, 5.74) is -0.802. The average Bonchev–Trinajstić information content (AvgIpc) is 3.08. The highest BCUT2D eigenvalue weighted by molar-refractivity contribution is 8.01. The van der Waals surface area contributed by atoms with Crippen LogP contribution in [0.3, 0.4) is 0 Å². The second kappa shape index (κ2) is 10.7. The van der Waals surface area contributed by atoms with E-state index in [1.54, 1.807) is 20.0 Å². The van der Waals surface area contributed by atoms with Crippen molar-refractivity contribution in [3.8, 4) is 0 Å². The van der Waals surface area contributed by atoms with Gasteiger partial charge in [0.25, 0.3) is 0 Å². The fourth-order valence-electron chi connectivity index (χ4n) is 3.26. The summed E-state index contributed by atoms with van der Waals surface area (Å²) in [5, 5.41) is 12.8. The first kappa shape index (κ1) is 24.0. The van der Waals surface area contributed by atoms with Crippen LogP contribution in [0.5, 0.6) is 0 Å². The van der Waals surface area contributed by atoms with E-state index in [-0.39, 0.29) is 6.03 Å². The lowest BCUT2D eigenvalue weighted by Crippen LogP contribution is -2.45. The number of amides is 2. The highest BCUT2D eigenvalue weighted by Crippen LogP contribution is 2.34. The van der Waals surface area contributed by atoms with Gasteiger partial charge in [-0.15, -0.1) is 11.8 Å². The van der Waals surface area contributed by atoms with Crippen LogP contribution in [0, 0.1) is 17.3 Å². The monoisotopic (exact) mass is 441 g/mol. The Kier molecular flexibility index (Phi) is 8.82. The van der Waals surface area contributed by atoms with Crippen LogP contribution in [0.4, 0.5) is 9.93 Å². The molecule has 0 unspecified atom stereocenters. The average molecular weight is 442 g/mol. The van der Waals surface area contributed by atoms with Crippen LogP contribution in [0.15, 0.2) is 10.4 Å². The minimum atomic E-state index is -0.814. The number of aromatic nitrogens is 1. The van der Waals surface area contributed by atoms with E-state index in [1.165, 1.54) is 35.9 Å². The number of rotatable bonds is 9. The summed E-state index contributed by atoms with van der Waals surface area (Å²) in [6.07, 6.45) is 7.18. The van der Waals surface area contributed by atoms with Crippen molar-refractivity contribution in [2.75, 3.05) is 17.6 Å². The molecule has 29 heavy (non-hydrogen) atoms. The lowest BCUT2D eigenvalue weighted by molar-refractivity contribution is -0.145. The van der Waals surface area contributed by atoms with E-state index in [0.29, 0.717) is 22.8 Å². The lowest BCUT2D eigenvalue weighted by Gasteiger charge is -2.36. The fourth-order valence-corrected chi connectivity index (χ4v) is 5.20. The number of carboxylic acids is 1. The molecule has 1 aromatic rings. The number of thiazole rings is 1. The van der Waals surface area contributed by atoms with Gasteiger partial charge in [-0.25, -0.2) is 9.78 Å². The Balaban J connectivity index is 1.97. The molecule has 0 radical (unpaired) electrons. The summed E-state index contributed by atoms with van der Waals surface area (Å²) in [6, 6.07) is 0.233. The van der Waals surface area contributed by atoms with E-state index in [2.05, 4.69) is 31.1 Å². The molecule has 164 valence electrons. The number of hydrogen-bond acceptors (Lipinski definition) is 5. The van der Waals surface area contributed by atoms with Crippen LogP contribution in [0.2, 0.25) is 0 Å². The van der Waals surface area contributed by atoms with Gasteiger partial charge in [-0.05, 0) is 57.8 Å². The van der Waals surface area contributed by atoms with Crippen molar-refractivity contribution >= 4 is 40.2 Å². The molecule has 0 aromatic carbocycles. The molecule has 0 bridgehead atoms. The third-order valence-corrected chi connectivity index (χ3v) is 8.05. The second-order valence-electron chi connectivity index (χ2n) is 9.18. The number of anilines is 1. The number of nitrogens with one attached hydrogen (secondary N) is 1. The third kappa shape index (κ3) is 7.48. The molecular formula is C21H35N3O3S2. The van der Waals surface area contributed by atoms with E-state index in [4.69, 9.17) is 0 Å². The SMILES string of the molecule is CC(C)CCN(C(=O)Nc1ncc(SCC(C)(C)C(=O)O)s1)[C@H]1CC[C@H](C)CC1. The quantitative estimate of drug-likeness (QED) is 0.473. The van der Waals surface area contributed by atoms with Crippen molar-refractivity contribution in [1.82, 2.24) is 9.88 Å². The highest BCUT2D eigenvalue weighted by Gasteiger charge is 2.29. The van der Waals surface area contributed by atoms with Crippen LogP contribution >= 0.6 is 23.1 Å². The van der Waals surface area contributed by atoms with E-state index in [1.807, 2.05) is 4.90 Å². The number of thioether (sulfide) groups is 1. The Morgan fingerprint density at radius 1 is 1.34 bits per heavy atom. The van der Waals surface area contributed by atoms with E-state index in [0.717, 1.165) is 35.9 Å². The summed E-state index contributed by atoms with van der Waals surface area (Å²) in [4.78, 5) is 30.6. The molecule has 1 saturated carbocycles. The number of aliphatic carboxylic acids is 1. The zero-order valence-corrected chi connectivity index (χ0v) is 19.9. The normalized spacial score (nSPS) is 19.9. The minimum absolute atomic E-state index is 0.0676. The molecule has 2 rings (SSSR count). The lowest BCUT2D eigenvalue weighted by atomic mass is 9.86. The smallest absolute Gasteiger partial charge is 0.323 e. The minimum Gasteiger partial charge on any atom is -0.481 e. The molecule has 1 aromatic heterocycles. The Morgan fingerprint density at radius 2 is 2.00 bits per heavy atom. The first-order valence-electron chi connectivity index (χ1n) is 10.5.